The Labute approximate surface area is 137 Å². The molecule has 0 aliphatic carbocycles. The molecular formula is C9H16BF3KNO. The molecule has 0 aromatic carbocycles. The Balaban J connectivity index is 0.00000225. The second-order valence-corrected chi connectivity index (χ2v) is 3.87. The second kappa shape index (κ2) is 7.56. The number of hydrogen-bond acceptors (Lipinski definition) is 2. The molecule has 1 aliphatic heterocycles. The molecule has 0 bridgehead atoms. The van der Waals surface area contributed by atoms with Gasteiger partial charge in [-0.05, 0) is 13.0 Å². The molecule has 7 heteroatoms. The van der Waals surface area contributed by atoms with Gasteiger partial charge in [-0.1, -0.05) is 6.92 Å². The molecule has 0 saturated carbocycles. The third-order valence-corrected chi connectivity index (χ3v) is 2.57. The predicted octanol–water partition coefficient (Wildman–Crippen LogP) is -0.956. The molecule has 1 atom stereocenters. The molecular weight excluding hydrogens is 245 g/mol. The van der Waals surface area contributed by atoms with Crippen LogP contribution in [0.2, 0.25) is 0 Å². The molecule has 1 fully saturated rings. The molecule has 0 N–H and O–H groups in total. The van der Waals surface area contributed by atoms with Crippen molar-refractivity contribution < 1.29 is 69.1 Å². The van der Waals surface area contributed by atoms with Gasteiger partial charge < -0.3 is 17.7 Å². The standard InChI is InChI=1S/C9H16BF3NO.K/c1-3-9-7-14(4-5-15-9)6-8(2)10(11,12)13;/h9H,2-7H2,1H3;/q-1;+1. The van der Waals surface area contributed by atoms with E-state index in [0.29, 0.717) is 19.7 Å². The topological polar surface area (TPSA) is 12.5 Å². The van der Waals surface area contributed by atoms with Gasteiger partial charge >= 0.3 is 58.4 Å². The number of rotatable bonds is 4. The van der Waals surface area contributed by atoms with Crippen LogP contribution in [-0.2, 0) is 4.74 Å². The molecule has 1 aliphatic rings. The summed E-state index contributed by atoms with van der Waals surface area (Å²) in [6.45, 7) is 1.72. The van der Waals surface area contributed by atoms with Crippen molar-refractivity contribution >= 4 is 6.98 Å². The molecule has 0 spiro atoms. The molecule has 1 heterocycles. The molecule has 1 unspecified atom stereocenters. The summed E-state index contributed by atoms with van der Waals surface area (Å²) in [5.41, 5.74) is -0.619. The van der Waals surface area contributed by atoms with Gasteiger partial charge in [0, 0.05) is 13.1 Å². The first kappa shape index (κ1) is 17.2. The maximum atomic E-state index is 12.3. The predicted molar refractivity (Wildman–Crippen MR) is 54.7 cm³/mol. The first-order chi connectivity index (χ1) is 6.93. The molecule has 88 valence electrons. The van der Waals surface area contributed by atoms with E-state index in [1.807, 2.05) is 6.92 Å². The van der Waals surface area contributed by atoms with Crippen LogP contribution in [0.1, 0.15) is 13.3 Å². The average molecular weight is 261 g/mol. The quantitative estimate of drug-likeness (QED) is 0.605. The van der Waals surface area contributed by atoms with Crippen LogP contribution in [-0.4, -0.2) is 44.2 Å². The zero-order valence-corrected chi connectivity index (χ0v) is 13.0. The van der Waals surface area contributed by atoms with Gasteiger partial charge in [0.1, 0.15) is 0 Å². The van der Waals surface area contributed by atoms with E-state index in [0.717, 1.165) is 6.42 Å². The van der Waals surface area contributed by atoms with Crippen LogP contribution in [0, 0.1) is 0 Å². The summed E-state index contributed by atoms with van der Waals surface area (Å²) >= 11 is 0. The van der Waals surface area contributed by atoms with Crippen molar-refractivity contribution in [2.75, 3.05) is 26.2 Å². The van der Waals surface area contributed by atoms with Gasteiger partial charge in [0.25, 0.3) is 0 Å². The van der Waals surface area contributed by atoms with Crippen molar-refractivity contribution in [1.29, 1.82) is 0 Å². The van der Waals surface area contributed by atoms with E-state index in [2.05, 4.69) is 6.58 Å². The van der Waals surface area contributed by atoms with E-state index in [1.165, 1.54) is 0 Å². The van der Waals surface area contributed by atoms with Crippen molar-refractivity contribution in [3.8, 4) is 0 Å². The Morgan fingerprint density at radius 3 is 2.62 bits per heavy atom. The smallest absolute Gasteiger partial charge is 0.445 e. The van der Waals surface area contributed by atoms with Gasteiger partial charge in [0.05, 0.1) is 12.7 Å². The minimum atomic E-state index is -4.90. The molecule has 16 heavy (non-hydrogen) atoms. The summed E-state index contributed by atoms with van der Waals surface area (Å²) in [7, 11) is 0. The fraction of sp³-hybridized carbons (Fsp3) is 0.778. The number of nitrogens with zero attached hydrogens (tertiary/aromatic N) is 1. The molecule has 0 radical (unpaired) electrons. The summed E-state index contributed by atoms with van der Waals surface area (Å²) < 4.78 is 42.2. The number of hydrogen-bond donors (Lipinski definition) is 0. The van der Waals surface area contributed by atoms with E-state index >= 15 is 0 Å². The zero-order valence-electron chi connectivity index (χ0n) is 9.89. The van der Waals surface area contributed by atoms with Crippen LogP contribution < -0.4 is 51.4 Å². The largest absolute Gasteiger partial charge is 1.00 e. The third kappa shape index (κ3) is 5.66. The Hall–Kier alpha value is 1.15. The van der Waals surface area contributed by atoms with Crippen LogP contribution in [0.3, 0.4) is 0 Å². The van der Waals surface area contributed by atoms with Gasteiger partial charge in [0.15, 0.2) is 0 Å². The van der Waals surface area contributed by atoms with Crippen LogP contribution in [0.25, 0.3) is 0 Å². The van der Waals surface area contributed by atoms with Gasteiger partial charge in [-0.2, -0.15) is 0 Å². The van der Waals surface area contributed by atoms with Crippen LogP contribution in [0.4, 0.5) is 12.9 Å². The molecule has 0 aromatic heterocycles. The van der Waals surface area contributed by atoms with Crippen molar-refractivity contribution in [3.05, 3.63) is 12.1 Å². The number of ether oxygens (including phenoxy) is 1. The van der Waals surface area contributed by atoms with E-state index in [4.69, 9.17) is 4.74 Å². The van der Waals surface area contributed by atoms with Crippen molar-refractivity contribution in [3.63, 3.8) is 0 Å². The molecule has 0 aromatic rings. The average Bonchev–Trinajstić information content (AvgIpc) is 2.16. The minimum absolute atomic E-state index is 0. The van der Waals surface area contributed by atoms with Crippen molar-refractivity contribution in [2.45, 2.75) is 19.4 Å². The second-order valence-electron chi connectivity index (χ2n) is 3.87. The van der Waals surface area contributed by atoms with Gasteiger partial charge in [-0.15, -0.1) is 12.1 Å². The molecule has 0 amide bonds. The Morgan fingerprint density at radius 2 is 2.12 bits per heavy atom. The van der Waals surface area contributed by atoms with Crippen molar-refractivity contribution in [2.24, 2.45) is 0 Å². The maximum absolute atomic E-state index is 12.3. The Kier molecular flexibility index (Phi) is 8.10. The van der Waals surface area contributed by atoms with Crippen molar-refractivity contribution in [1.82, 2.24) is 4.90 Å². The fourth-order valence-corrected chi connectivity index (χ4v) is 1.56. The summed E-state index contributed by atoms with van der Waals surface area (Å²) in [5, 5.41) is 0. The van der Waals surface area contributed by atoms with E-state index in [1.54, 1.807) is 4.90 Å². The minimum Gasteiger partial charge on any atom is -0.445 e. The number of morpholine rings is 1. The Morgan fingerprint density at radius 1 is 1.50 bits per heavy atom. The molecule has 1 saturated heterocycles. The van der Waals surface area contributed by atoms with Gasteiger partial charge in [-0.3, -0.25) is 4.90 Å². The maximum Gasteiger partial charge on any atom is 1.00 e. The van der Waals surface area contributed by atoms with E-state index in [9.17, 15) is 12.9 Å². The van der Waals surface area contributed by atoms with Crippen LogP contribution in [0.15, 0.2) is 12.1 Å². The normalized spacial score (nSPS) is 22.6. The van der Waals surface area contributed by atoms with Crippen LogP contribution >= 0.6 is 0 Å². The zero-order chi connectivity index (χ0) is 11.5. The summed E-state index contributed by atoms with van der Waals surface area (Å²) in [5.74, 6) is 0. The summed E-state index contributed by atoms with van der Waals surface area (Å²) in [4.78, 5) is 1.76. The monoisotopic (exact) mass is 261 g/mol. The summed E-state index contributed by atoms with van der Waals surface area (Å²) in [6.07, 6.45) is 0.896. The number of halogens is 3. The van der Waals surface area contributed by atoms with Gasteiger partial charge in [-0.25, -0.2) is 0 Å². The first-order valence-electron chi connectivity index (χ1n) is 5.15. The van der Waals surface area contributed by atoms with E-state index < -0.39 is 12.4 Å². The third-order valence-electron chi connectivity index (χ3n) is 2.57. The molecule has 1 rings (SSSR count). The molecule has 2 nitrogen and oxygen atoms in total. The van der Waals surface area contributed by atoms with E-state index in [-0.39, 0.29) is 64.0 Å². The van der Waals surface area contributed by atoms with Crippen LogP contribution in [0.5, 0.6) is 0 Å². The fourth-order valence-electron chi connectivity index (χ4n) is 1.56. The first-order valence-corrected chi connectivity index (χ1v) is 5.15. The van der Waals surface area contributed by atoms with Gasteiger partial charge in [0.2, 0.25) is 0 Å². The summed E-state index contributed by atoms with van der Waals surface area (Å²) in [6, 6.07) is 0. The Bertz CT molecular complexity index is 237. The SMILES string of the molecule is C=C(CN1CCOC(CC)C1)[B-](F)(F)F.[K+].